The highest BCUT2D eigenvalue weighted by Crippen LogP contribution is 2.45. The van der Waals surface area contributed by atoms with Crippen molar-refractivity contribution in [1.29, 1.82) is 0 Å². The van der Waals surface area contributed by atoms with E-state index in [1.54, 1.807) is 42.5 Å². The molecule has 1 atom stereocenters. The number of halogens is 2. The van der Waals surface area contributed by atoms with Crippen LogP contribution in [0.2, 0.25) is 10.0 Å². The summed E-state index contributed by atoms with van der Waals surface area (Å²) < 4.78 is 12.3. The SMILES string of the molecule is COc1cc(C2/C(=C(/O)c3ccc(Cl)cc3)C(=O)C(=O)N2c2nnc(SCc3ccc(Cl)cc3)s2)ccc1OCc1ccccc1. The number of methoxy groups -OCH3 is 1. The van der Waals surface area contributed by atoms with Crippen molar-refractivity contribution < 1.29 is 24.2 Å². The lowest BCUT2D eigenvalue weighted by atomic mass is 9.95. The number of aliphatic hydroxyl groups excluding tert-OH is 1. The Kier molecular flexibility index (Phi) is 9.60. The summed E-state index contributed by atoms with van der Waals surface area (Å²) in [7, 11) is 1.51. The van der Waals surface area contributed by atoms with Gasteiger partial charge in [-0.2, -0.15) is 0 Å². The molecule has 1 amide bonds. The van der Waals surface area contributed by atoms with Gasteiger partial charge in [-0.1, -0.05) is 94.8 Å². The fourth-order valence-electron chi connectivity index (χ4n) is 4.90. The van der Waals surface area contributed by atoms with Crippen LogP contribution in [0, 0.1) is 0 Å². The van der Waals surface area contributed by atoms with Crippen LogP contribution >= 0.6 is 46.3 Å². The molecule has 1 fully saturated rings. The Hall–Kier alpha value is -4.35. The fraction of sp³-hybridized carbons (Fsp3) is 0.118. The second kappa shape index (κ2) is 14.0. The smallest absolute Gasteiger partial charge is 0.301 e. The predicted molar refractivity (Wildman–Crippen MR) is 181 cm³/mol. The third-order valence-electron chi connectivity index (χ3n) is 7.18. The van der Waals surface area contributed by atoms with Crippen LogP contribution < -0.4 is 14.4 Å². The quantitative estimate of drug-likeness (QED) is 0.0513. The zero-order chi connectivity index (χ0) is 32.2. The van der Waals surface area contributed by atoms with Crippen LogP contribution in [-0.4, -0.2) is 34.1 Å². The molecular weight excluding hydrogens is 665 g/mol. The van der Waals surface area contributed by atoms with Crippen LogP contribution in [0.3, 0.4) is 0 Å². The van der Waals surface area contributed by atoms with E-state index in [0.29, 0.717) is 49.4 Å². The standard InChI is InChI=1S/C34H25Cl2N3O5S2/c1-43-27-17-23(11-16-26(27)44-18-20-5-3-2-4-6-20)29-28(30(40)22-9-14-25(36)15-10-22)31(41)32(42)39(29)33-37-38-34(46-33)45-19-21-7-12-24(35)13-8-21/h2-17,29,40H,18-19H2,1H3/b30-28-. The zero-order valence-electron chi connectivity index (χ0n) is 24.2. The van der Waals surface area contributed by atoms with Crippen molar-refractivity contribution in [2.24, 2.45) is 0 Å². The summed E-state index contributed by atoms with van der Waals surface area (Å²) in [5.74, 6) is -0.566. The van der Waals surface area contributed by atoms with Gasteiger partial charge in [0.1, 0.15) is 12.4 Å². The molecule has 0 bridgehead atoms. The molecule has 0 saturated carbocycles. The molecular formula is C34H25Cl2N3O5S2. The Balaban J connectivity index is 1.37. The minimum atomic E-state index is -1.03. The molecule has 1 saturated heterocycles. The Morgan fingerprint density at radius 3 is 2.28 bits per heavy atom. The Bertz CT molecular complexity index is 1920. The van der Waals surface area contributed by atoms with Gasteiger partial charge in [-0.05, 0) is 65.2 Å². The van der Waals surface area contributed by atoms with Crippen molar-refractivity contribution in [3.05, 3.63) is 135 Å². The van der Waals surface area contributed by atoms with Crippen molar-refractivity contribution in [2.45, 2.75) is 22.7 Å². The lowest BCUT2D eigenvalue weighted by Crippen LogP contribution is -2.29. The maximum Gasteiger partial charge on any atom is 0.301 e. The first kappa shape index (κ1) is 31.6. The normalized spacial score (nSPS) is 15.7. The molecule has 1 N–H and O–H groups in total. The first-order chi connectivity index (χ1) is 22.3. The van der Waals surface area contributed by atoms with Gasteiger partial charge in [0.15, 0.2) is 15.8 Å². The van der Waals surface area contributed by atoms with Gasteiger partial charge in [-0.3, -0.25) is 14.5 Å². The molecule has 232 valence electrons. The summed E-state index contributed by atoms with van der Waals surface area (Å²) in [5.41, 5.74) is 2.75. The zero-order valence-corrected chi connectivity index (χ0v) is 27.4. The number of benzene rings is 4. The third kappa shape index (κ3) is 6.75. The van der Waals surface area contributed by atoms with Crippen LogP contribution in [0.5, 0.6) is 11.5 Å². The van der Waals surface area contributed by atoms with E-state index in [1.165, 1.54) is 35.1 Å². The Morgan fingerprint density at radius 1 is 0.891 bits per heavy atom. The van der Waals surface area contributed by atoms with E-state index in [4.69, 9.17) is 32.7 Å². The molecule has 1 unspecified atom stereocenters. The average Bonchev–Trinajstić information content (AvgIpc) is 3.65. The molecule has 0 aliphatic carbocycles. The summed E-state index contributed by atoms with van der Waals surface area (Å²) in [4.78, 5) is 28.6. The summed E-state index contributed by atoms with van der Waals surface area (Å²) >= 11 is 14.7. The number of nitrogens with zero attached hydrogens (tertiary/aromatic N) is 3. The number of aromatic nitrogens is 2. The maximum absolute atomic E-state index is 13.7. The summed E-state index contributed by atoms with van der Waals surface area (Å²) in [6.45, 7) is 0.312. The van der Waals surface area contributed by atoms with Crippen molar-refractivity contribution in [3.63, 3.8) is 0 Å². The minimum absolute atomic E-state index is 0.0992. The number of amides is 1. The molecule has 0 spiro atoms. The van der Waals surface area contributed by atoms with Crippen LogP contribution in [0.25, 0.3) is 5.76 Å². The van der Waals surface area contributed by atoms with Gasteiger partial charge in [0.2, 0.25) is 5.13 Å². The van der Waals surface area contributed by atoms with E-state index >= 15 is 0 Å². The first-order valence-electron chi connectivity index (χ1n) is 13.9. The number of hydrogen-bond donors (Lipinski definition) is 1. The topological polar surface area (TPSA) is 102 Å². The van der Waals surface area contributed by atoms with Crippen LogP contribution in [0.1, 0.15) is 28.3 Å². The van der Waals surface area contributed by atoms with Crippen LogP contribution in [0.4, 0.5) is 5.13 Å². The number of rotatable bonds is 10. The van der Waals surface area contributed by atoms with E-state index in [-0.39, 0.29) is 16.5 Å². The van der Waals surface area contributed by atoms with E-state index < -0.39 is 17.7 Å². The molecule has 1 aliphatic rings. The molecule has 5 aromatic rings. The fourth-order valence-corrected chi connectivity index (χ4v) is 6.98. The third-order valence-corrected chi connectivity index (χ3v) is 9.81. The van der Waals surface area contributed by atoms with E-state index in [0.717, 1.165) is 11.1 Å². The summed E-state index contributed by atoms with van der Waals surface area (Å²) in [6, 6.07) is 27.6. The molecule has 46 heavy (non-hydrogen) atoms. The Morgan fingerprint density at radius 2 is 1.59 bits per heavy atom. The lowest BCUT2D eigenvalue weighted by molar-refractivity contribution is -0.132. The maximum atomic E-state index is 13.7. The lowest BCUT2D eigenvalue weighted by Gasteiger charge is -2.23. The van der Waals surface area contributed by atoms with Gasteiger partial charge in [0, 0.05) is 21.4 Å². The number of hydrogen-bond acceptors (Lipinski definition) is 9. The average molecular weight is 691 g/mol. The molecule has 8 nitrogen and oxygen atoms in total. The number of carbonyl (C=O) groups is 2. The second-order valence-electron chi connectivity index (χ2n) is 10.1. The van der Waals surface area contributed by atoms with Crippen LogP contribution in [-0.2, 0) is 21.9 Å². The van der Waals surface area contributed by atoms with Crippen molar-refractivity contribution in [3.8, 4) is 11.5 Å². The highest BCUT2D eigenvalue weighted by atomic mass is 35.5. The molecule has 12 heteroatoms. The van der Waals surface area contributed by atoms with Crippen molar-refractivity contribution in [1.82, 2.24) is 10.2 Å². The molecule has 6 rings (SSSR count). The summed E-state index contributed by atoms with van der Waals surface area (Å²) in [5, 5.41) is 21.3. The van der Waals surface area contributed by atoms with E-state index in [9.17, 15) is 14.7 Å². The van der Waals surface area contributed by atoms with Gasteiger partial charge in [-0.25, -0.2) is 0 Å². The molecule has 0 radical (unpaired) electrons. The van der Waals surface area contributed by atoms with Gasteiger partial charge in [-0.15, -0.1) is 10.2 Å². The van der Waals surface area contributed by atoms with Gasteiger partial charge in [0.25, 0.3) is 5.78 Å². The number of ketones is 1. The molecule has 4 aromatic carbocycles. The second-order valence-corrected chi connectivity index (χ2v) is 13.2. The minimum Gasteiger partial charge on any atom is -0.507 e. The number of ether oxygens (including phenoxy) is 2. The van der Waals surface area contributed by atoms with E-state index in [1.807, 2.05) is 54.6 Å². The van der Waals surface area contributed by atoms with Gasteiger partial charge < -0.3 is 14.6 Å². The summed E-state index contributed by atoms with van der Waals surface area (Å²) in [6.07, 6.45) is 0. The Labute approximate surface area is 283 Å². The van der Waals surface area contributed by atoms with Gasteiger partial charge in [0.05, 0.1) is 18.7 Å². The predicted octanol–water partition coefficient (Wildman–Crippen LogP) is 8.35. The van der Waals surface area contributed by atoms with E-state index in [2.05, 4.69) is 10.2 Å². The number of aliphatic hydroxyl groups is 1. The van der Waals surface area contributed by atoms with Crippen LogP contribution in [0.15, 0.2) is 107 Å². The first-order valence-corrected chi connectivity index (χ1v) is 16.5. The molecule has 2 heterocycles. The molecule has 1 aliphatic heterocycles. The van der Waals surface area contributed by atoms with Gasteiger partial charge >= 0.3 is 5.91 Å². The highest BCUT2D eigenvalue weighted by Gasteiger charge is 2.48. The largest absolute Gasteiger partial charge is 0.507 e. The number of carbonyl (C=O) groups excluding carboxylic acids is 2. The van der Waals surface area contributed by atoms with Crippen molar-refractivity contribution in [2.75, 3.05) is 12.0 Å². The number of Topliss-reactive ketones (excluding diaryl/α,β-unsaturated/α-hetero) is 1. The highest BCUT2D eigenvalue weighted by molar-refractivity contribution is 8.00. The number of thioether (sulfide) groups is 1. The number of anilines is 1. The monoisotopic (exact) mass is 689 g/mol. The molecule has 1 aromatic heterocycles. The van der Waals surface area contributed by atoms with Crippen molar-refractivity contribution >= 4 is 68.9 Å².